The van der Waals surface area contributed by atoms with Crippen molar-refractivity contribution in [3.05, 3.63) is 162 Å². The zero-order valence-electron chi connectivity index (χ0n) is 27.3. The summed E-state index contributed by atoms with van der Waals surface area (Å²) < 4.78 is 0. The molecule has 0 unspecified atom stereocenters. The molecule has 0 N–H and O–H groups in total. The zero-order valence-corrected chi connectivity index (χ0v) is 27.3. The molecule has 0 atom stereocenters. The number of nitrogens with zero attached hydrogens (tertiary/aromatic N) is 3. The molecule has 7 rings (SSSR count). The normalized spacial score (nSPS) is 13.6. The summed E-state index contributed by atoms with van der Waals surface area (Å²) in [5.74, 6) is 0.688. The van der Waals surface area contributed by atoms with Gasteiger partial charge >= 0.3 is 0 Å². The molecule has 1 aromatic heterocycles. The van der Waals surface area contributed by atoms with E-state index in [1.54, 1.807) is 0 Å². The minimum atomic E-state index is -0.0419. The fourth-order valence-corrected chi connectivity index (χ4v) is 6.54. The number of aromatic nitrogens is 2. The quantitative estimate of drug-likeness (QED) is 0.134. The number of benzene rings is 5. The van der Waals surface area contributed by atoms with Crippen molar-refractivity contribution in [2.75, 3.05) is 0 Å². The molecule has 0 saturated carbocycles. The van der Waals surface area contributed by atoms with Crippen LogP contribution >= 0.6 is 0 Å². The summed E-state index contributed by atoms with van der Waals surface area (Å²) in [4.78, 5) is 14.4. The first kappa shape index (κ1) is 30.0. The lowest BCUT2D eigenvalue weighted by atomic mass is 9.82. The molecule has 0 fully saturated rings. The third-order valence-corrected chi connectivity index (χ3v) is 9.25. The van der Waals surface area contributed by atoms with Crippen LogP contribution in [0, 0.1) is 0 Å². The van der Waals surface area contributed by atoms with Crippen molar-refractivity contribution < 1.29 is 0 Å². The smallest absolute Gasteiger partial charge is 0.160 e. The van der Waals surface area contributed by atoms with Crippen LogP contribution in [0.1, 0.15) is 44.4 Å². The third kappa shape index (κ3) is 5.77. The summed E-state index contributed by atoms with van der Waals surface area (Å²) in [6.45, 7) is 12.4. The summed E-state index contributed by atoms with van der Waals surface area (Å²) >= 11 is 0. The predicted molar refractivity (Wildman–Crippen MR) is 198 cm³/mol. The molecule has 0 aliphatic heterocycles. The molecular weight excluding hydrogens is 571 g/mol. The zero-order chi connectivity index (χ0) is 32.5. The Morgan fingerprint density at radius 2 is 1.17 bits per heavy atom. The van der Waals surface area contributed by atoms with Gasteiger partial charge in [-0.05, 0) is 101 Å². The van der Waals surface area contributed by atoms with Crippen LogP contribution in [0.4, 0.5) is 0 Å². The number of fused-ring (bicyclic) bond motifs is 3. The molecule has 1 heterocycles. The highest BCUT2D eigenvalue weighted by Gasteiger charge is 2.35. The molecule has 3 heteroatoms. The minimum absolute atomic E-state index is 0.0419. The SMILES string of the molecule is C=N/C(C)=C\C=C(/C)c1cc(-c2ccc3c(c2)-c2ccccc2C3(C)C)cc(-c2nc(-c3ccccc3)cc(-c3ccccc3)n2)c1. The van der Waals surface area contributed by atoms with Crippen molar-refractivity contribution in [2.45, 2.75) is 33.1 Å². The maximum absolute atomic E-state index is 5.16. The molecule has 0 spiro atoms. The maximum atomic E-state index is 5.16. The van der Waals surface area contributed by atoms with Gasteiger partial charge in [-0.15, -0.1) is 0 Å². The third-order valence-electron chi connectivity index (χ3n) is 9.25. The van der Waals surface area contributed by atoms with Crippen molar-refractivity contribution in [1.82, 2.24) is 9.97 Å². The van der Waals surface area contributed by atoms with Crippen molar-refractivity contribution in [3.63, 3.8) is 0 Å². The Bertz CT molecular complexity index is 2130. The minimum Gasteiger partial charge on any atom is -0.269 e. The number of rotatable bonds is 7. The Labute approximate surface area is 277 Å². The Hall–Kier alpha value is -5.67. The average molecular weight is 608 g/mol. The lowest BCUT2D eigenvalue weighted by Crippen LogP contribution is -2.14. The van der Waals surface area contributed by atoms with Crippen LogP contribution in [-0.4, -0.2) is 16.7 Å². The maximum Gasteiger partial charge on any atom is 0.160 e. The van der Waals surface area contributed by atoms with Crippen LogP contribution in [0.25, 0.3) is 61.7 Å². The molecule has 6 aromatic rings. The van der Waals surface area contributed by atoms with Gasteiger partial charge in [-0.2, -0.15) is 0 Å². The van der Waals surface area contributed by atoms with Crippen molar-refractivity contribution >= 4 is 12.3 Å². The molecule has 0 saturated heterocycles. The first-order chi connectivity index (χ1) is 22.8. The molecule has 0 amide bonds. The Morgan fingerprint density at radius 1 is 0.574 bits per heavy atom. The van der Waals surface area contributed by atoms with Crippen LogP contribution in [-0.2, 0) is 5.41 Å². The fourth-order valence-electron chi connectivity index (χ4n) is 6.54. The first-order valence-electron chi connectivity index (χ1n) is 16.0. The van der Waals surface area contributed by atoms with Crippen molar-refractivity contribution in [1.29, 1.82) is 0 Å². The van der Waals surface area contributed by atoms with Crippen LogP contribution in [0.3, 0.4) is 0 Å². The summed E-state index contributed by atoms with van der Waals surface area (Å²) in [6.07, 6.45) is 4.11. The number of aliphatic imine (C=N–C) groups is 1. The van der Waals surface area contributed by atoms with Gasteiger partial charge in [0.1, 0.15) is 0 Å². The monoisotopic (exact) mass is 607 g/mol. The molecule has 5 aromatic carbocycles. The first-order valence-corrected chi connectivity index (χ1v) is 16.0. The van der Waals surface area contributed by atoms with Crippen LogP contribution in [0.5, 0.6) is 0 Å². The van der Waals surface area contributed by atoms with Crippen molar-refractivity contribution in [3.8, 4) is 56.2 Å². The number of allylic oxidation sites excluding steroid dienone is 4. The van der Waals surface area contributed by atoms with Crippen molar-refractivity contribution in [2.24, 2.45) is 4.99 Å². The molecule has 1 aliphatic carbocycles. The van der Waals surface area contributed by atoms with E-state index in [1.165, 1.54) is 22.3 Å². The van der Waals surface area contributed by atoms with E-state index in [4.69, 9.17) is 9.97 Å². The Balaban J connectivity index is 1.44. The predicted octanol–water partition coefficient (Wildman–Crippen LogP) is 11.5. The molecule has 3 nitrogen and oxygen atoms in total. The van der Waals surface area contributed by atoms with E-state index >= 15 is 0 Å². The van der Waals surface area contributed by atoms with E-state index in [9.17, 15) is 0 Å². The lowest BCUT2D eigenvalue weighted by Gasteiger charge is -2.21. The molecule has 0 radical (unpaired) electrons. The topological polar surface area (TPSA) is 38.1 Å². The summed E-state index contributed by atoms with van der Waals surface area (Å²) in [5.41, 5.74) is 15.5. The van der Waals surface area contributed by atoms with Gasteiger partial charge < -0.3 is 0 Å². The van der Waals surface area contributed by atoms with Gasteiger partial charge in [0.2, 0.25) is 0 Å². The van der Waals surface area contributed by atoms with Crippen LogP contribution in [0.2, 0.25) is 0 Å². The number of hydrogen-bond donors (Lipinski definition) is 0. The van der Waals surface area contributed by atoms with Gasteiger partial charge in [-0.3, -0.25) is 4.99 Å². The van der Waals surface area contributed by atoms with Gasteiger partial charge in [0.15, 0.2) is 5.82 Å². The standard InChI is InChI=1S/C44H37N3/c1-29(20-21-30(2)45-5)34-24-35(33-22-23-40-38(27-33)37-18-12-13-19-39(37)44(40,3)4)26-36(25-34)43-46-41(31-14-8-6-9-15-31)28-42(47-43)32-16-10-7-11-17-32/h6-28H,5H2,1-4H3/b29-20+,30-21-. The van der Waals surface area contributed by atoms with Gasteiger partial charge in [-0.1, -0.05) is 117 Å². The van der Waals surface area contributed by atoms with E-state index in [1.807, 2.05) is 49.4 Å². The summed E-state index contributed by atoms with van der Waals surface area (Å²) in [5, 5.41) is 0. The fraction of sp³-hybridized carbons (Fsp3) is 0.114. The second-order valence-electron chi connectivity index (χ2n) is 12.7. The van der Waals surface area contributed by atoms with E-state index in [2.05, 4.69) is 130 Å². The summed E-state index contributed by atoms with van der Waals surface area (Å²) in [6, 6.07) is 45.1. The Morgan fingerprint density at radius 3 is 1.83 bits per heavy atom. The van der Waals surface area contributed by atoms with Crippen LogP contribution in [0.15, 0.2) is 150 Å². The Kier molecular flexibility index (Phi) is 7.83. The molecule has 228 valence electrons. The van der Waals surface area contributed by atoms with E-state index in [0.717, 1.165) is 56.0 Å². The van der Waals surface area contributed by atoms with E-state index < -0.39 is 0 Å². The molecule has 0 bridgehead atoms. The molecular formula is C44H37N3. The average Bonchev–Trinajstić information content (AvgIpc) is 3.36. The summed E-state index contributed by atoms with van der Waals surface area (Å²) in [7, 11) is 0. The van der Waals surface area contributed by atoms with Crippen LogP contribution < -0.4 is 0 Å². The van der Waals surface area contributed by atoms with Gasteiger partial charge in [0.25, 0.3) is 0 Å². The number of hydrogen-bond acceptors (Lipinski definition) is 3. The highest BCUT2D eigenvalue weighted by molar-refractivity contribution is 5.86. The molecule has 1 aliphatic rings. The second kappa shape index (κ2) is 12.3. The largest absolute Gasteiger partial charge is 0.269 e. The van der Waals surface area contributed by atoms with Gasteiger partial charge in [-0.25, -0.2) is 9.97 Å². The second-order valence-corrected chi connectivity index (χ2v) is 12.7. The lowest BCUT2D eigenvalue weighted by molar-refractivity contribution is 0.660. The highest BCUT2D eigenvalue weighted by Crippen LogP contribution is 2.49. The van der Waals surface area contributed by atoms with Gasteiger partial charge in [0.05, 0.1) is 11.4 Å². The van der Waals surface area contributed by atoms with E-state index in [-0.39, 0.29) is 5.41 Å². The van der Waals surface area contributed by atoms with E-state index in [0.29, 0.717) is 5.82 Å². The molecule has 47 heavy (non-hydrogen) atoms. The van der Waals surface area contributed by atoms with Gasteiger partial charge in [0, 0.05) is 27.8 Å². The highest BCUT2D eigenvalue weighted by atomic mass is 14.9.